The van der Waals surface area contributed by atoms with Crippen LogP contribution in [0.2, 0.25) is 0 Å². The zero-order chi connectivity index (χ0) is 14.5. The molecule has 1 atom stereocenters. The zero-order valence-corrected chi connectivity index (χ0v) is 13.6. The molecule has 0 bridgehead atoms. The molecule has 1 heteroatoms. The first-order chi connectivity index (χ1) is 10.4. The molecule has 1 unspecified atom stereocenters. The van der Waals surface area contributed by atoms with Crippen LogP contribution in [-0.2, 0) is 0 Å². The molecule has 3 rings (SSSR count). The highest BCUT2D eigenvalue weighted by Gasteiger charge is 2.26. The van der Waals surface area contributed by atoms with E-state index in [-0.39, 0.29) is 0 Å². The highest BCUT2D eigenvalue weighted by Crippen LogP contribution is 2.38. The van der Waals surface area contributed by atoms with E-state index in [1.54, 1.807) is 5.56 Å². The van der Waals surface area contributed by atoms with Gasteiger partial charge in [-0.2, -0.15) is 0 Å². The predicted octanol–water partition coefficient (Wildman–Crippen LogP) is 5.58. The SMILES string of the molecule is CCCNC(CC1CC1)c1ccc(C2CCCCC2)cc1. The summed E-state index contributed by atoms with van der Waals surface area (Å²) >= 11 is 0. The van der Waals surface area contributed by atoms with E-state index in [9.17, 15) is 0 Å². The first kappa shape index (κ1) is 15.1. The van der Waals surface area contributed by atoms with Crippen molar-refractivity contribution in [2.45, 2.75) is 76.7 Å². The maximum absolute atomic E-state index is 3.76. The lowest BCUT2D eigenvalue weighted by Gasteiger charge is -2.23. The maximum Gasteiger partial charge on any atom is 0.0322 e. The smallest absolute Gasteiger partial charge is 0.0322 e. The normalized spacial score (nSPS) is 21.4. The standard InChI is InChI=1S/C20H31N/c1-2-14-21-20(15-16-8-9-16)19-12-10-18(11-13-19)17-6-4-3-5-7-17/h10-13,16-17,20-21H,2-9,14-15H2,1H3. The number of rotatable bonds is 7. The Labute approximate surface area is 130 Å². The third-order valence-corrected chi connectivity index (χ3v) is 5.32. The van der Waals surface area contributed by atoms with Gasteiger partial charge in [0.2, 0.25) is 0 Å². The summed E-state index contributed by atoms with van der Waals surface area (Å²) in [5.74, 6) is 1.82. The molecule has 1 nitrogen and oxygen atoms in total. The summed E-state index contributed by atoms with van der Waals surface area (Å²) < 4.78 is 0. The summed E-state index contributed by atoms with van der Waals surface area (Å²) in [6.45, 7) is 3.40. The van der Waals surface area contributed by atoms with Gasteiger partial charge in [0.25, 0.3) is 0 Å². The van der Waals surface area contributed by atoms with Gasteiger partial charge in [0, 0.05) is 6.04 Å². The van der Waals surface area contributed by atoms with Gasteiger partial charge < -0.3 is 5.32 Å². The lowest BCUT2D eigenvalue weighted by Crippen LogP contribution is -2.22. The van der Waals surface area contributed by atoms with Crippen molar-refractivity contribution in [1.82, 2.24) is 5.32 Å². The van der Waals surface area contributed by atoms with Crippen LogP contribution >= 0.6 is 0 Å². The van der Waals surface area contributed by atoms with Gasteiger partial charge in [-0.25, -0.2) is 0 Å². The Morgan fingerprint density at radius 3 is 2.33 bits per heavy atom. The van der Waals surface area contributed by atoms with Gasteiger partial charge in [0.05, 0.1) is 0 Å². The van der Waals surface area contributed by atoms with Gasteiger partial charge in [0.15, 0.2) is 0 Å². The minimum atomic E-state index is 0.581. The molecule has 0 aliphatic heterocycles. The van der Waals surface area contributed by atoms with E-state index >= 15 is 0 Å². The Morgan fingerprint density at radius 2 is 1.71 bits per heavy atom. The largest absolute Gasteiger partial charge is 0.310 e. The van der Waals surface area contributed by atoms with Crippen LogP contribution < -0.4 is 5.32 Å². The lowest BCUT2D eigenvalue weighted by molar-refractivity contribution is 0.443. The summed E-state index contributed by atoms with van der Waals surface area (Å²) in [5, 5.41) is 3.76. The topological polar surface area (TPSA) is 12.0 Å². The first-order valence-electron chi connectivity index (χ1n) is 9.20. The third-order valence-electron chi connectivity index (χ3n) is 5.32. The van der Waals surface area contributed by atoms with Crippen molar-refractivity contribution in [2.75, 3.05) is 6.54 Å². The van der Waals surface area contributed by atoms with Gasteiger partial charge >= 0.3 is 0 Å². The molecule has 0 aromatic heterocycles. The lowest BCUT2D eigenvalue weighted by atomic mass is 9.83. The fraction of sp³-hybridized carbons (Fsp3) is 0.700. The molecule has 1 aromatic carbocycles. The maximum atomic E-state index is 3.76. The van der Waals surface area contributed by atoms with Crippen LogP contribution in [0, 0.1) is 5.92 Å². The van der Waals surface area contributed by atoms with Crippen LogP contribution in [0.5, 0.6) is 0 Å². The fourth-order valence-corrected chi connectivity index (χ4v) is 3.78. The summed E-state index contributed by atoms with van der Waals surface area (Å²) in [6, 6.07) is 10.2. The van der Waals surface area contributed by atoms with Crippen molar-refractivity contribution in [3.05, 3.63) is 35.4 Å². The van der Waals surface area contributed by atoms with Crippen LogP contribution in [0.25, 0.3) is 0 Å². The first-order valence-corrected chi connectivity index (χ1v) is 9.20. The van der Waals surface area contributed by atoms with Crippen LogP contribution in [0.15, 0.2) is 24.3 Å². The molecule has 1 N–H and O–H groups in total. The average molecular weight is 285 g/mol. The highest BCUT2D eigenvalue weighted by atomic mass is 14.9. The quantitative estimate of drug-likeness (QED) is 0.690. The van der Waals surface area contributed by atoms with Gasteiger partial charge in [-0.3, -0.25) is 0 Å². The minimum absolute atomic E-state index is 0.581. The fourth-order valence-electron chi connectivity index (χ4n) is 3.78. The molecule has 2 saturated carbocycles. The molecular weight excluding hydrogens is 254 g/mol. The second-order valence-corrected chi connectivity index (χ2v) is 7.19. The molecule has 2 aliphatic carbocycles. The molecule has 21 heavy (non-hydrogen) atoms. The number of hydrogen-bond acceptors (Lipinski definition) is 1. The number of hydrogen-bond donors (Lipinski definition) is 1. The van der Waals surface area contributed by atoms with Crippen molar-refractivity contribution < 1.29 is 0 Å². The Kier molecular flexibility index (Phi) is 5.35. The van der Waals surface area contributed by atoms with Crippen molar-refractivity contribution in [3.63, 3.8) is 0 Å². The molecule has 116 valence electrons. The van der Waals surface area contributed by atoms with Gasteiger partial charge in [-0.05, 0) is 55.2 Å². The van der Waals surface area contributed by atoms with E-state index in [0.29, 0.717) is 6.04 Å². The van der Waals surface area contributed by atoms with Gasteiger partial charge in [0.1, 0.15) is 0 Å². The Bertz CT molecular complexity index is 412. The second-order valence-electron chi connectivity index (χ2n) is 7.19. The summed E-state index contributed by atoms with van der Waals surface area (Å²) in [4.78, 5) is 0. The molecule has 2 aliphatic rings. The van der Waals surface area contributed by atoms with Crippen LogP contribution in [0.4, 0.5) is 0 Å². The average Bonchev–Trinajstić information content (AvgIpc) is 3.36. The Balaban J connectivity index is 1.64. The number of nitrogens with one attached hydrogen (secondary N) is 1. The highest BCUT2D eigenvalue weighted by molar-refractivity contribution is 5.28. The Hall–Kier alpha value is -0.820. The predicted molar refractivity (Wildman–Crippen MR) is 90.6 cm³/mol. The van der Waals surface area contributed by atoms with E-state index in [0.717, 1.165) is 18.4 Å². The Morgan fingerprint density at radius 1 is 1.00 bits per heavy atom. The van der Waals surface area contributed by atoms with E-state index in [4.69, 9.17) is 0 Å². The minimum Gasteiger partial charge on any atom is -0.310 e. The monoisotopic (exact) mass is 285 g/mol. The summed E-state index contributed by atoms with van der Waals surface area (Å²) in [6.07, 6.45) is 12.6. The van der Waals surface area contributed by atoms with Gasteiger partial charge in [-0.15, -0.1) is 0 Å². The van der Waals surface area contributed by atoms with E-state index in [1.165, 1.54) is 63.4 Å². The second kappa shape index (κ2) is 7.45. The van der Waals surface area contributed by atoms with Crippen LogP contribution in [-0.4, -0.2) is 6.54 Å². The molecule has 0 radical (unpaired) electrons. The van der Waals surface area contributed by atoms with E-state index < -0.39 is 0 Å². The number of benzene rings is 1. The van der Waals surface area contributed by atoms with E-state index in [2.05, 4.69) is 36.5 Å². The third kappa shape index (κ3) is 4.32. The molecule has 0 heterocycles. The molecule has 1 aromatic rings. The molecule has 0 amide bonds. The summed E-state index contributed by atoms with van der Waals surface area (Å²) in [5.41, 5.74) is 3.09. The van der Waals surface area contributed by atoms with Crippen LogP contribution in [0.1, 0.15) is 87.8 Å². The van der Waals surface area contributed by atoms with Crippen LogP contribution in [0.3, 0.4) is 0 Å². The van der Waals surface area contributed by atoms with E-state index in [1.807, 2.05) is 0 Å². The van der Waals surface area contributed by atoms with Crippen molar-refractivity contribution in [3.8, 4) is 0 Å². The van der Waals surface area contributed by atoms with Crippen molar-refractivity contribution >= 4 is 0 Å². The van der Waals surface area contributed by atoms with Crippen molar-refractivity contribution in [1.29, 1.82) is 0 Å². The molecule has 0 saturated heterocycles. The summed E-state index contributed by atoms with van der Waals surface area (Å²) in [7, 11) is 0. The van der Waals surface area contributed by atoms with Gasteiger partial charge in [-0.1, -0.05) is 63.3 Å². The molecular formula is C20H31N. The zero-order valence-electron chi connectivity index (χ0n) is 13.6. The van der Waals surface area contributed by atoms with Crippen molar-refractivity contribution in [2.24, 2.45) is 5.92 Å². The molecule has 2 fully saturated rings. The molecule has 0 spiro atoms.